The summed E-state index contributed by atoms with van der Waals surface area (Å²) in [6.45, 7) is 0.257. The third-order valence-electron chi connectivity index (χ3n) is 2.53. The first-order valence-corrected chi connectivity index (χ1v) is 5.35. The standard InChI is InChI=1S/C14H13NO2.ClH/c16-14(17)15-10-12-8-4-5-9-13(12)11-6-2-1-3-7-11;/h1-9,15H,10H2,(H,16,17);1H/p-1. The molecule has 2 rings (SSSR count). The Labute approximate surface area is 112 Å². The van der Waals surface area contributed by atoms with Crippen LogP contribution in [0.2, 0.25) is 0 Å². The normalized spacial score (nSPS) is 9.33. The lowest BCUT2D eigenvalue weighted by atomic mass is 10.00. The topological polar surface area (TPSA) is 52.2 Å². The smallest absolute Gasteiger partial charge is 0.134 e. The number of hydrogen-bond acceptors (Lipinski definition) is 2. The van der Waals surface area contributed by atoms with Gasteiger partial charge in [0.25, 0.3) is 0 Å². The van der Waals surface area contributed by atoms with Crippen molar-refractivity contribution in [2.75, 3.05) is 0 Å². The van der Waals surface area contributed by atoms with E-state index in [0.717, 1.165) is 16.7 Å². The second-order valence-corrected chi connectivity index (χ2v) is 3.66. The van der Waals surface area contributed by atoms with Crippen molar-refractivity contribution >= 4 is 18.5 Å². The first kappa shape index (κ1) is 14.1. The molecule has 1 amide bonds. The summed E-state index contributed by atoms with van der Waals surface area (Å²) in [6.07, 6.45) is -1.26. The second kappa shape index (κ2) is 6.67. The largest absolute Gasteiger partial charge is 0.530 e. The van der Waals surface area contributed by atoms with Crippen LogP contribution in [0.4, 0.5) is 4.79 Å². The highest BCUT2D eigenvalue weighted by atomic mass is 35.5. The predicted molar refractivity (Wildman–Crippen MR) is 71.4 cm³/mol. The summed E-state index contributed by atoms with van der Waals surface area (Å²) in [7, 11) is 0. The van der Waals surface area contributed by atoms with Gasteiger partial charge in [0.05, 0.1) is 0 Å². The molecular formula is C14H13ClNO2-. The summed E-state index contributed by atoms with van der Waals surface area (Å²) < 4.78 is 0. The molecule has 0 aromatic heterocycles. The van der Waals surface area contributed by atoms with Gasteiger partial charge in [-0.1, -0.05) is 54.6 Å². The summed E-state index contributed by atoms with van der Waals surface area (Å²) in [5.74, 6) is 0. The fraction of sp³-hybridized carbons (Fsp3) is 0.0714. The molecule has 0 fully saturated rings. The molecule has 0 aliphatic rings. The van der Waals surface area contributed by atoms with Gasteiger partial charge in [-0.2, -0.15) is 0 Å². The summed E-state index contributed by atoms with van der Waals surface area (Å²) in [5, 5.41) is 12.7. The van der Waals surface area contributed by atoms with Gasteiger partial charge >= 0.3 is 0 Å². The van der Waals surface area contributed by atoms with Crippen molar-refractivity contribution in [3.05, 3.63) is 60.2 Å². The number of nitrogens with one attached hydrogen (secondary N) is 1. The summed E-state index contributed by atoms with van der Waals surface area (Å²) in [5.41, 5.74) is 3.04. The van der Waals surface area contributed by atoms with Gasteiger partial charge in [0.2, 0.25) is 0 Å². The Balaban J connectivity index is 0.00000162. The van der Waals surface area contributed by atoms with E-state index in [1.54, 1.807) is 0 Å². The molecule has 0 saturated heterocycles. The third kappa shape index (κ3) is 3.50. The van der Waals surface area contributed by atoms with Crippen LogP contribution < -0.4 is 10.4 Å². The van der Waals surface area contributed by atoms with Crippen molar-refractivity contribution in [1.82, 2.24) is 5.32 Å². The number of carboxylic acid groups (broad SMARTS) is 1. The van der Waals surface area contributed by atoms with E-state index in [9.17, 15) is 9.90 Å². The molecule has 94 valence electrons. The molecule has 0 unspecified atom stereocenters. The van der Waals surface area contributed by atoms with E-state index in [1.165, 1.54) is 0 Å². The summed E-state index contributed by atoms with van der Waals surface area (Å²) in [6, 6.07) is 17.6. The third-order valence-corrected chi connectivity index (χ3v) is 2.53. The van der Waals surface area contributed by atoms with Gasteiger partial charge in [0.1, 0.15) is 6.09 Å². The van der Waals surface area contributed by atoms with Gasteiger partial charge in [0, 0.05) is 6.54 Å². The lowest BCUT2D eigenvalue weighted by Gasteiger charge is -2.11. The van der Waals surface area contributed by atoms with Crippen molar-refractivity contribution in [3.8, 4) is 11.1 Å². The Kier molecular flexibility index (Phi) is 5.21. The van der Waals surface area contributed by atoms with Gasteiger partial charge in [-0.25, -0.2) is 0 Å². The molecule has 0 saturated carbocycles. The van der Waals surface area contributed by atoms with Gasteiger partial charge in [-0.15, -0.1) is 12.4 Å². The van der Waals surface area contributed by atoms with Crippen molar-refractivity contribution in [3.63, 3.8) is 0 Å². The van der Waals surface area contributed by atoms with Crippen LogP contribution in [-0.2, 0) is 6.54 Å². The number of carbonyl (C=O) groups excluding carboxylic acids is 1. The van der Waals surface area contributed by atoms with Crippen LogP contribution in [-0.4, -0.2) is 6.09 Å². The van der Waals surface area contributed by atoms with E-state index in [4.69, 9.17) is 0 Å². The fourth-order valence-electron chi connectivity index (χ4n) is 1.74. The van der Waals surface area contributed by atoms with E-state index in [1.807, 2.05) is 54.6 Å². The average molecular weight is 263 g/mol. The number of halogens is 1. The first-order valence-electron chi connectivity index (χ1n) is 5.35. The quantitative estimate of drug-likeness (QED) is 0.922. The van der Waals surface area contributed by atoms with Crippen LogP contribution in [0.5, 0.6) is 0 Å². The fourth-order valence-corrected chi connectivity index (χ4v) is 1.74. The molecular weight excluding hydrogens is 250 g/mol. The second-order valence-electron chi connectivity index (χ2n) is 3.66. The molecule has 2 aromatic carbocycles. The van der Waals surface area contributed by atoms with Gasteiger partial charge in [-0.3, -0.25) is 0 Å². The number of rotatable bonds is 3. The minimum absolute atomic E-state index is 0. The Bertz CT molecular complexity index is 514. The SMILES string of the molecule is Cl.O=C([O-])NCc1ccccc1-c1ccccc1. The zero-order chi connectivity index (χ0) is 12.1. The Morgan fingerprint density at radius 3 is 2.28 bits per heavy atom. The minimum atomic E-state index is -1.26. The molecule has 0 aliphatic heterocycles. The lowest BCUT2D eigenvalue weighted by Crippen LogP contribution is -2.35. The molecule has 0 bridgehead atoms. The highest BCUT2D eigenvalue weighted by molar-refractivity contribution is 5.85. The predicted octanol–water partition coefficient (Wildman–Crippen LogP) is 2.21. The van der Waals surface area contributed by atoms with E-state index in [0.29, 0.717) is 0 Å². The zero-order valence-electron chi connectivity index (χ0n) is 9.63. The molecule has 0 heterocycles. The summed E-state index contributed by atoms with van der Waals surface area (Å²) >= 11 is 0. The lowest BCUT2D eigenvalue weighted by molar-refractivity contribution is -0.251. The van der Waals surface area contributed by atoms with Crippen LogP contribution in [0, 0.1) is 0 Å². The number of benzene rings is 2. The van der Waals surface area contributed by atoms with Crippen molar-refractivity contribution in [1.29, 1.82) is 0 Å². The van der Waals surface area contributed by atoms with Crippen LogP contribution in [0.15, 0.2) is 54.6 Å². The molecule has 0 radical (unpaired) electrons. The molecule has 4 heteroatoms. The maximum absolute atomic E-state index is 10.4. The molecule has 0 aliphatic carbocycles. The number of hydrogen-bond donors (Lipinski definition) is 1. The molecule has 18 heavy (non-hydrogen) atoms. The molecule has 0 spiro atoms. The zero-order valence-corrected chi connectivity index (χ0v) is 10.4. The number of carbonyl (C=O) groups is 1. The average Bonchev–Trinajstić information content (AvgIpc) is 2.38. The van der Waals surface area contributed by atoms with Crippen LogP contribution in [0.1, 0.15) is 5.56 Å². The molecule has 0 atom stereocenters. The summed E-state index contributed by atoms with van der Waals surface area (Å²) in [4.78, 5) is 10.4. The van der Waals surface area contributed by atoms with Crippen molar-refractivity contribution < 1.29 is 9.90 Å². The Hall–Kier alpha value is -2.00. The first-order chi connectivity index (χ1) is 8.27. The maximum Gasteiger partial charge on any atom is 0.134 e. The maximum atomic E-state index is 10.4. The highest BCUT2D eigenvalue weighted by Crippen LogP contribution is 2.22. The van der Waals surface area contributed by atoms with Gasteiger partial charge in [-0.05, 0) is 16.7 Å². The number of amides is 1. The van der Waals surface area contributed by atoms with E-state index < -0.39 is 6.09 Å². The van der Waals surface area contributed by atoms with E-state index >= 15 is 0 Å². The molecule has 2 aromatic rings. The molecule has 1 N–H and O–H groups in total. The van der Waals surface area contributed by atoms with Crippen molar-refractivity contribution in [2.24, 2.45) is 0 Å². The highest BCUT2D eigenvalue weighted by Gasteiger charge is 2.03. The van der Waals surface area contributed by atoms with Crippen molar-refractivity contribution in [2.45, 2.75) is 6.54 Å². The van der Waals surface area contributed by atoms with Gasteiger partial charge < -0.3 is 15.2 Å². The minimum Gasteiger partial charge on any atom is -0.530 e. The van der Waals surface area contributed by atoms with E-state index in [2.05, 4.69) is 5.32 Å². The Morgan fingerprint density at radius 2 is 1.61 bits per heavy atom. The molecule has 3 nitrogen and oxygen atoms in total. The van der Waals surface area contributed by atoms with E-state index in [-0.39, 0.29) is 19.0 Å². The van der Waals surface area contributed by atoms with Crippen LogP contribution in [0.3, 0.4) is 0 Å². The van der Waals surface area contributed by atoms with Crippen LogP contribution in [0.25, 0.3) is 11.1 Å². The van der Waals surface area contributed by atoms with Gasteiger partial charge in [0.15, 0.2) is 0 Å². The Morgan fingerprint density at radius 1 is 1.00 bits per heavy atom. The van der Waals surface area contributed by atoms with Crippen LogP contribution >= 0.6 is 12.4 Å². The monoisotopic (exact) mass is 262 g/mol.